The topological polar surface area (TPSA) is 75.8 Å². The van der Waals surface area contributed by atoms with Crippen molar-refractivity contribution in [2.75, 3.05) is 13.2 Å². The van der Waals surface area contributed by atoms with Gasteiger partial charge >= 0.3 is 0 Å². The first-order valence-corrected chi connectivity index (χ1v) is 18.3. The van der Waals surface area contributed by atoms with Crippen LogP contribution in [0.3, 0.4) is 0 Å². The van der Waals surface area contributed by atoms with Crippen molar-refractivity contribution in [3.05, 3.63) is 141 Å². The molecule has 0 aliphatic carbocycles. The zero-order chi connectivity index (χ0) is 37.9. The summed E-state index contributed by atoms with van der Waals surface area (Å²) < 4.78 is 70.3. The van der Waals surface area contributed by atoms with Crippen LogP contribution < -0.4 is 0 Å². The Morgan fingerprint density at radius 3 is 1.34 bits per heavy atom. The molecule has 5 heterocycles. The molecule has 0 spiro atoms. The number of ether oxygens (including phenoxy) is 2. The van der Waals surface area contributed by atoms with E-state index in [1.54, 1.807) is 13.8 Å². The zero-order valence-electron chi connectivity index (χ0n) is 32.6. The van der Waals surface area contributed by atoms with Crippen LogP contribution in [-0.4, -0.2) is 136 Å². The van der Waals surface area contributed by atoms with Crippen LogP contribution >= 0.6 is 0 Å². The molecule has 2 N–H and O–H groups in total. The molecule has 0 saturated carbocycles. The second-order valence-corrected chi connectivity index (χ2v) is 14.0. The van der Waals surface area contributed by atoms with Crippen molar-refractivity contribution in [3.8, 4) is 0 Å². The second-order valence-electron chi connectivity index (χ2n) is 14.0. The molecule has 0 saturated heterocycles. The van der Waals surface area contributed by atoms with Gasteiger partial charge < -0.3 is 19.4 Å². The van der Waals surface area contributed by atoms with E-state index in [0.29, 0.717) is 26.1 Å². The number of fused-ring (bicyclic) bond motifs is 8. The van der Waals surface area contributed by atoms with Crippen molar-refractivity contribution in [3.63, 3.8) is 0 Å². The van der Waals surface area contributed by atoms with Crippen molar-refractivity contribution < 1.29 is 27.0 Å². The maximum absolute atomic E-state index is 14.4. The fourth-order valence-corrected chi connectivity index (χ4v) is 7.08. The minimum atomic E-state index is -0.557. The number of rotatable bonds is 12. The van der Waals surface area contributed by atoms with Crippen LogP contribution in [0.1, 0.15) is 110 Å². The molecular formula is C44H42F4K2N4O2. The van der Waals surface area contributed by atoms with E-state index in [1.165, 1.54) is 36.4 Å². The van der Waals surface area contributed by atoms with Gasteiger partial charge in [0.25, 0.3) is 0 Å². The summed E-state index contributed by atoms with van der Waals surface area (Å²) in [6, 6.07) is 19.8. The molecule has 5 aromatic rings. The average Bonchev–Trinajstić information content (AvgIpc) is 3.93. The number of halogens is 4. The Bertz CT molecular complexity index is 2370. The molecule has 0 amide bonds. The van der Waals surface area contributed by atoms with Gasteiger partial charge in [-0.2, -0.15) is 0 Å². The molecule has 4 atom stereocenters. The molecule has 7 rings (SSSR count). The first kappa shape index (κ1) is 45.0. The van der Waals surface area contributed by atoms with E-state index < -0.39 is 23.3 Å². The smallest absolute Gasteiger partial charge is 0.129 e. The Balaban J connectivity index is 0.00000300. The van der Waals surface area contributed by atoms with E-state index in [2.05, 4.69) is 9.97 Å². The van der Waals surface area contributed by atoms with Crippen molar-refractivity contribution in [1.82, 2.24) is 19.9 Å². The van der Waals surface area contributed by atoms with E-state index >= 15 is 0 Å². The van der Waals surface area contributed by atoms with Gasteiger partial charge in [0.05, 0.1) is 35.0 Å². The fraction of sp³-hybridized carbons (Fsp3) is 0.273. The van der Waals surface area contributed by atoms with Gasteiger partial charge in [-0.05, 0) is 123 Å². The molecule has 0 fully saturated rings. The summed E-state index contributed by atoms with van der Waals surface area (Å²) >= 11 is 0. The standard InChI is InChI=1S/C44H42F4N4O2.2K/c1-25(43-37(45)7-5-8-38(43)46)15-17-53-27(3)35-21-33-20-31-12-11-29(49-31)19-30-13-14-32(50-30)23-41-36(22-34(52-41)24-42(35)51-33)28(4)54-18-16-26(2)44-39(47)9-6-10-40(44)48;;/h5-14,19-28,51-52H,15-18H2,1-4H3;;. The van der Waals surface area contributed by atoms with Gasteiger partial charge in [-0.25, -0.2) is 27.5 Å². The third-order valence-corrected chi connectivity index (χ3v) is 10.1. The Morgan fingerprint density at radius 1 is 0.518 bits per heavy atom. The van der Waals surface area contributed by atoms with Crippen LogP contribution in [-0.2, 0) is 9.47 Å². The van der Waals surface area contributed by atoms with Crippen LogP contribution in [0.5, 0.6) is 0 Å². The number of H-pyrrole nitrogens is 2. The number of hydrogen-bond acceptors (Lipinski definition) is 4. The SMILES string of the molecule is CC(CCOC(C)c1cc2cc3[nH]c(cc4nc(cc5nc(cc1[nH]2)C=C5)C=C4)cc3C(C)OCCC(C)c1c(F)cccc1F)c1c(F)cccc1F.[K].[K]. The number of hydrogen-bond donors (Lipinski definition) is 2. The van der Waals surface area contributed by atoms with Crippen LogP contribution in [0.25, 0.3) is 46.4 Å². The Kier molecular flexibility index (Phi) is 16.3. The molecule has 2 aliphatic heterocycles. The third kappa shape index (κ3) is 10.8. The first-order chi connectivity index (χ1) is 26.0. The van der Waals surface area contributed by atoms with Gasteiger partial charge in [0.15, 0.2) is 0 Å². The molecule has 2 aromatic carbocycles. The van der Waals surface area contributed by atoms with Crippen molar-refractivity contribution in [2.45, 2.75) is 64.6 Å². The maximum Gasteiger partial charge on any atom is 0.129 e. The molecule has 280 valence electrons. The molecule has 8 bridgehead atoms. The Labute approximate surface area is 409 Å². The molecule has 56 heavy (non-hydrogen) atoms. The quantitative estimate of drug-likeness (QED) is 0.0952. The van der Waals surface area contributed by atoms with Crippen molar-refractivity contribution >= 4 is 149 Å². The Morgan fingerprint density at radius 2 is 0.893 bits per heavy atom. The van der Waals surface area contributed by atoms with Gasteiger partial charge in [-0.1, -0.05) is 26.0 Å². The monoisotopic (exact) mass is 812 g/mol. The predicted octanol–water partition coefficient (Wildman–Crippen LogP) is 11.0. The molecule has 2 radical (unpaired) electrons. The van der Waals surface area contributed by atoms with Gasteiger partial charge in [0, 0.05) is 160 Å². The minimum absolute atomic E-state index is 0. The summed E-state index contributed by atoms with van der Waals surface area (Å²) in [6.07, 6.45) is 7.93. The van der Waals surface area contributed by atoms with Gasteiger partial charge in [0.2, 0.25) is 0 Å². The summed E-state index contributed by atoms with van der Waals surface area (Å²) in [6.45, 7) is 8.08. The number of nitrogens with zero attached hydrogens (tertiary/aromatic N) is 2. The Hall–Kier alpha value is -2.05. The normalized spacial score (nSPS) is 14.1. The van der Waals surface area contributed by atoms with Gasteiger partial charge in [-0.3, -0.25) is 0 Å². The summed E-state index contributed by atoms with van der Waals surface area (Å²) in [4.78, 5) is 16.6. The summed E-state index contributed by atoms with van der Waals surface area (Å²) in [5, 5.41) is 0. The molecule has 3 aromatic heterocycles. The molecular weight excluding hydrogens is 771 g/mol. The predicted molar refractivity (Wildman–Crippen MR) is 218 cm³/mol. The maximum atomic E-state index is 14.4. The summed E-state index contributed by atoms with van der Waals surface area (Å²) in [5.41, 5.74) is 8.28. The van der Waals surface area contributed by atoms with E-state index in [1.807, 2.05) is 74.5 Å². The van der Waals surface area contributed by atoms with Gasteiger partial charge in [-0.15, -0.1) is 0 Å². The van der Waals surface area contributed by atoms with E-state index in [9.17, 15) is 17.6 Å². The fourth-order valence-electron chi connectivity index (χ4n) is 7.08. The average molecular weight is 813 g/mol. The second kappa shape index (κ2) is 20.3. The van der Waals surface area contributed by atoms with E-state index in [0.717, 1.165) is 56.0 Å². The molecule has 4 unspecified atom stereocenters. The van der Waals surface area contributed by atoms with Crippen molar-refractivity contribution in [2.24, 2.45) is 0 Å². The molecule has 12 heteroatoms. The summed E-state index contributed by atoms with van der Waals surface area (Å²) in [5.74, 6) is -2.97. The van der Waals surface area contributed by atoms with Crippen LogP contribution in [0, 0.1) is 23.3 Å². The number of benzene rings is 2. The largest absolute Gasteiger partial charge is 0.374 e. The molecule has 6 nitrogen and oxygen atoms in total. The van der Waals surface area contributed by atoms with E-state index in [-0.39, 0.29) is 138 Å². The first-order valence-electron chi connectivity index (χ1n) is 18.3. The van der Waals surface area contributed by atoms with Crippen LogP contribution in [0.4, 0.5) is 17.6 Å². The zero-order valence-corrected chi connectivity index (χ0v) is 38.8. The van der Waals surface area contributed by atoms with Gasteiger partial charge in [0.1, 0.15) is 23.3 Å². The number of aromatic amines is 2. The summed E-state index contributed by atoms with van der Waals surface area (Å²) in [7, 11) is 0. The minimum Gasteiger partial charge on any atom is -0.374 e. The van der Waals surface area contributed by atoms with Crippen LogP contribution in [0.2, 0.25) is 0 Å². The number of aromatic nitrogens is 4. The third-order valence-electron chi connectivity index (χ3n) is 10.1. The van der Waals surface area contributed by atoms with E-state index in [4.69, 9.17) is 19.4 Å². The molecule has 2 aliphatic rings. The van der Waals surface area contributed by atoms with Crippen molar-refractivity contribution in [1.29, 1.82) is 0 Å². The number of nitrogens with one attached hydrogen (secondary N) is 2. The van der Waals surface area contributed by atoms with Crippen LogP contribution in [0.15, 0.2) is 72.8 Å².